The summed E-state index contributed by atoms with van der Waals surface area (Å²) in [7, 11) is -3.59. The van der Waals surface area contributed by atoms with Gasteiger partial charge in [0.15, 0.2) is 0 Å². The number of amides is 2. The van der Waals surface area contributed by atoms with Crippen molar-refractivity contribution >= 4 is 33.2 Å². The molecule has 24 heavy (non-hydrogen) atoms. The van der Waals surface area contributed by atoms with Crippen molar-refractivity contribution in [1.82, 2.24) is 0 Å². The summed E-state index contributed by atoms with van der Waals surface area (Å²) in [6, 6.07) is 13.3. The van der Waals surface area contributed by atoms with E-state index in [4.69, 9.17) is 0 Å². The molecule has 0 aromatic heterocycles. The summed E-state index contributed by atoms with van der Waals surface area (Å²) in [4.78, 5) is 24.0. The second-order valence-electron chi connectivity index (χ2n) is 5.54. The predicted molar refractivity (Wildman–Crippen MR) is 91.5 cm³/mol. The van der Waals surface area contributed by atoms with Gasteiger partial charge in [-0.3, -0.25) is 9.59 Å². The second kappa shape index (κ2) is 6.09. The lowest BCUT2D eigenvalue weighted by Crippen LogP contribution is -2.29. The van der Waals surface area contributed by atoms with Gasteiger partial charge in [-0.05, 0) is 42.8 Å². The first kappa shape index (κ1) is 16.2. The summed E-state index contributed by atoms with van der Waals surface area (Å²) in [5, 5.41) is 2.80. The topological polar surface area (TPSA) is 83.6 Å². The highest BCUT2D eigenvalue weighted by atomic mass is 32.2. The van der Waals surface area contributed by atoms with Crippen LogP contribution < -0.4 is 9.62 Å². The average molecular weight is 344 g/mol. The lowest BCUT2D eigenvalue weighted by Gasteiger charge is -2.15. The Hall–Kier alpha value is -2.67. The number of para-hydroxylation sites is 1. The Morgan fingerprint density at radius 3 is 2.33 bits per heavy atom. The number of rotatable bonds is 3. The molecule has 1 saturated heterocycles. The van der Waals surface area contributed by atoms with E-state index in [9.17, 15) is 18.0 Å². The summed E-state index contributed by atoms with van der Waals surface area (Å²) in [5.41, 5.74) is 2.29. The van der Waals surface area contributed by atoms with Gasteiger partial charge in [0.2, 0.25) is 15.9 Å². The maximum absolute atomic E-state index is 12.3. The Bertz CT molecular complexity index is 904. The van der Waals surface area contributed by atoms with Crippen molar-refractivity contribution in [2.75, 3.05) is 15.4 Å². The van der Waals surface area contributed by atoms with E-state index in [1.807, 2.05) is 25.1 Å². The van der Waals surface area contributed by atoms with Crippen LogP contribution in [0.5, 0.6) is 0 Å². The van der Waals surface area contributed by atoms with Gasteiger partial charge in [0, 0.05) is 17.7 Å². The van der Waals surface area contributed by atoms with Gasteiger partial charge in [0.25, 0.3) is 5.91 Å². The molecule has 0 radical (unpaired) electrons. The summed E-state index contributed by atoms with van der Waals surface area (Å²) >= 11 is 0. The first-order chi connectivity index (χ1) is 11.4. The Kier molecular flexibility index (Phi) is 4.11. The Morgan fingerprint density at radius 2 is 1.75 bits per heavy atom. The van der Waals surface area contributed by atoms with E-state index in [1.54, 1.807) is 6.07 Å². The largest absolute Gasteiger partial charge is 0.322 e. The van der Waals surface area contributed by atoms with Crippen molar-refractivity contribution < 1.29 is 18.0 Å². The van der Waals surface area contributed by atoms with Crippen LogP contribution in [0.15, 0.2) is 48.5 Å². The molecule has 0 spiro atoms. The van der Waals surface area contributed by atoms with Crippen LogP contribution in [0.2, 0.25) is 0 Å². The number of sulfonamides is 1. The first-order valence-corrected chi connectivity index (χ1v) is 9.02. The van der Waals surface area contributed by atoms with Crippen molar-refractivity contribution in [2.24, 2.45) is 0 Å². The highest BCUT2D eigenvalue weighted by Crippen LogP contribution is 2.25. The molecule has 1 heterocycles. The minimum atomic E-state index is -3.59. The van der Waals surface area contributed by atoms with E-state index in [1.165, 1.54) is 24.3 Å². The third-order valence-corrected chi connectivity index (χ3v) is 5.53. The van der Waals surface area contributed by atoms with Gasteiger partial charge in [-0.2, -0.15) is 0 Å². The van der Waals surface area contributed by atoms with E-state index in [-0.39, 0.29) is 23.8 Å². The van der Waals surface area contributed by atoms with Crippen molar-refractivity contribution in [3.8, 4) is 0 Å². The number of carbonyl (C=O) groups is 2. The van der Waals surface area contributed by atoms with E-state index in [0.29, 0.717) is 11.3 Å². The predicted octanol–water partition coefficient (Wildman–Crippen LogP) is 2.31. The minimum absolute atomic E-state index is 0.0160. The fourth-order valence-electron chi connectivity index (χ4n) is 2.52. The average Bonchev–Trinajstić information content (AvgIpc) is 2.83. The van der Waals surface area contributed by atoms with Gasteiger partial charge in [-0.15, -0.1) is 0 Å². The zero-order chi connectivity index (χ0) is 17.3. The van der Waals surface area contributed by atoms with Gasteiger partial charge >= 0.3 is 0 Å². The van der Waals surface area contributed by atoms with E-state index >= 15 is 0 Å². The van der Waals surface area contributed by atoms with Crippen LogP contribution in [0, 0.1) is 6.92 Å². The van der Waals surface area contributed by atoms with Crippen LogP contribution in [-0.4, -0.2) is 26.0 Å². The van der Waals surface area contributed by atoms with Crippen LogP contribution in [0.25, 0.3) is 0 Å². The highest BCUT2D eigenvalue weighted by Gasteiger charge is 2.36. The van der Waals surface area contributed by atoms with Gasteiger partial charge in [0.1, 0.15) is 0 Å². The van der Waals surface area contributed by atoms with Gasteiger partial charge in [0.05, 0.1) is 11.4 Å². The molecule has 3 rings (SSSR count). The number of hydrogen-bond acceptors (Lipinski definition) is 4. The smallest absolute Gasteiger partial charge is 0.255 e. The number of carbonyl (C=O) groups excluding carboxylic acids is 2. The van der Waals surface area contributed by atoms with Crippen LogP contribution in [0.4, 0.5) is 11.4 Å². The molecule has 0 aliphatic carbocycles. The summed E-state index contributed by atoms with van der Waals surface area (Å²) in [5.74, 6) is -0.931. The summed E-state index contributed by atoms with van der Waals surface area (Å²) < 4.78 is 24.6. The summed E-state index contributed by atoms with van der Waals surface area (Å²) in [6.07, 6.45) is -0.0160. The number of benzene rings is 2. The number of hydrogen-bond donors (Lipinski definition) is 1. The SMILES string of the molecule is Cc1ccccc1NC(=O)c1ccc(N2C(=O)CCS2(=O)=O)cc1. The van der Waals surface area contributed by atoms with Gasteiger partial charge in [-0.25, -0.2) is 12.7 Å². The second-order valence-corrected chi connectivity index (χ2v) is 7.48. The highest BCUT2D eigenvalue weighted by molar-refractivity contribution is 7.94. The molecule has 0 atom stereocenters. The lowest BCUT2D eigenvalue weighted by molar-refractivity contribution is -0.116. The molecule has 2 aromatic rings. The molecule has 6 nitrogen and oxygen atoms in total. The number of nitrogens with zero attached hydrogens (tertiary/aromatic N) is 1. The van der Waals surface area contributed by atoms with E-state index in [2.05, 4.69) is 5.32 Å². The van der Waals surface area contributed by atoms with Gasteiger partial charge in [-0.1, -0.05) is 18.2 Å². The molecule has 2 amide bonds. The molecule has 1 aliphatic heterocycles. The third-order valence-electron chi connectivity index (χ3n) is 3.84. The standard InChI is InChI=1S/C17H16N2O4S/c1-12-4-2-3-5-15(12)18-17(21)13-6-8-14(9-7-13)19-16(20)10-11-24(19,22)23/h2-9H,10-11H2,1H3,(H,18,21). The molecular weight excluding hydrogens is 328 g/mol. The molecule has 2 aromatic carbocycles. The molecule has 0 unspecified atom stereocenters. The quantitative estimate of drug-likeness (QED) is 0.926. The van der Waals surface area contributed by atoms with Gasteiger partial charge < -0.3 is 5.32 Å². The number of aryl methyl sites for hydroxylation is 1. The molecule has 0 bridgehead atoms. The Balaban J connectivity index is 1.81. The number of anilines is 2. The van der Waals surface area contributed by atoms with Crippen LogP contribution in [-0.2, 0) is 14.8 Å². The Morgan fingerprint density at radius 1 is 1.08 bits per heavy atom. The fraction of sp³-hybridized carbons (Fsp3) is 0.176. The molecular formula is C17H16N2O4S. The normalized spacial score (nSPS) is 16.2. The third kappa shape index (κ3) is 3.03. The van der Waals surface area contributed by atoms with E-state index < -0.39 is 15.9 Å². The molecule has 7 heteroatoms. The fourth-order valence-corrected chi connectivity index (χ4v) is 3.98. The van der Waals surface area contributed by atoms with Crippen LogP contribution in [0.3, 0.4) is 0 Å². The summed E-state index contributed by atoms with van der Waals surface area (Å²) in [6.45, 7) is 1.89. The molecule has 1 aliphatic rings. The van der Waals surface area contributed by atoms with Crippen molar-refractivity contribution in [2.45, 2.75) is 13.3 Å². The minimum Gasteiger partial charge on any atom is -0.322 e. The monoisotopic (exact) mass is 344 g/mol. The lowest BCUT2D eigenvalue weighted by atomic mass is 10.1. The van der Waals surface area contributed by atoms with Crippen LogP contribution in [0.1, 0.15) is 22.3 Å². The molecule has 124 valence electrons. The van der Waals surface area contributed by atoms with Crippen LogP contribution >= 0.6 is 0 Å². The Labute approximate surface area is 140 Å². The number of nitrogens with one attached hydrogen (secondary N) is 1. The molecule has 1 fully saturated rings. The molecule has 0 saturated carbocycles. The molecule has 1 N–H and O–H groups in total. The zero-order valence-electron chi connectivity index (χ0n) is 13.0. The maximum Gasteiger partial charge on any atom is 0.255 e. The van der Waals surface area contributed by atoms with Crippen molar-refractivity contribution in [1.29, 1.82) is 0 Å². The first-order valence-electron chi connectivity index (χ1n) is 7.41. The van der Waals surface area contributed by atoms with E-state index in [0.717, 1.165) is 9.87 Å². The zero-order valence-corrected chi connectivity index (χ0v) is 13.8. The van der Waals surface area contributed by atoms with Crippen molar-refractivity contribution in [3.63, 3.8) is 0 Å². The van der Waals surface area contributed by atoms with Crippen molar-refractivity contribution in [3.05, 3.63) is 59.7 Å². The maximum atomic E-state index is 12.3.